The number of carbonyl (C=O) groups is 1. The normalized spacial score (nSPS) is 10.9. The van der Waals surface area contributed by atoms with Crippen molar-refractivity contribution in [3.05, 3.63) is 78.5 Å². The van der Waals surface area contributed by atoms with Gasteiger partial charge in [0.25, 0.3) is 5.91 Å². The Balaban J connectivity index is 1.71. The fourth-order valence-corrected chi connectivity index (χ4v) is 2.88. The lowest BCUT2D eigenvalue weighted by atomic mass is 10.1. The van der Waals surface area contributed by atoms with Crippen molar-refractivity contribution in [2.45, 2.75) is 0 Å². The molecule has 1 amide bonds. The molecule has 0 bridgehead atoms. The maximum atomic E-state index is 12.1. The van der Waals surface area contributed by atoms with Gasteiger partial charge in [0.05, 0.1) is 24.7 Å². The maximum absolute atomic E-state index is 12.1. The molecule has 0 fully saturated rings. The van der Waals surface area contributed by atoms with Gasteiger partial charge in [0.1, 0.15) is 0 Å². The van der Waals surface area contributed by atoms with Crippen LogP contribution in [0, 0.1) is 0 Å². The molecule has 2 aromatic heterocycles. The zero-order valence-electron chi connectivity index (χ0n) is 15.0. The fourth-order valence-electron chi connectivity index (χ4n) is 2.88. The molecule has 2 aromatic carbocycles. The van der Waals surface area contributed by atoms with Crippen molar-refractivity contribution in [2.24, 2.45) is 0 Å². The van der Waals surface area contributed by atoms with E-state index in [4.69, 9.17) is 9.94 Å². The summed E-state index contributed by atoms with van der Waals surface area (Å²) in [5.74, 6) is -0.201. The van der Waals surface area contributed by atoms with Gasteiger partial charge in [-0.2, -0.15) is 5.10 Å². The zero-order chi connectivity index (χ0) is 18.8. The first-order valence-corrected chi connectivity index (χ1v) is 8.50. The van der Waals surface area contributed by atoms with Gasteiger partial charge in [-0.1, -0.05) is 42.5 Å². The van der Waals surface area contributed by atoms with Crippen LogP contribution in [0.25, 0.3) is 28.2 Å². The summed E-state index contributed by atoms with van der Waals surface area (Å²) in [4.78, 5) is 21.5. The van der Waals surface area contributed by atoms with E-state index >= 15 is 0 Å². The number of imidazole rings is 1. The number of hydroxylamine groups is 2. The highest BCUT2D eigenvalue weighted by Gasteiger charge is 2.12. The molecule has 27 heavy (non-hydrogen) atoms. The third-order valence-electron chi connectivity index (χ3n) is 4.42. The van der Waals surface area contributed by atoms with Crippen LogP contribution in [0.5, 0.6) is 0 Å². The lowest BCUT2D eigenvalue weighted by molar-refractivity contribution is -0.0756. The maximum Gasteiger partial charge on any atom is 0.277 e. The molecule has 6 heteroatoms. The number of rotatable bonds is 4. The minimum absolute atomic E-state index is 0.201. The van der Waals surface area contributed by atoms with Gasteiger partial charge in [0.15, 0.2) is 5.65 Å². The molecule has 0 aliphatic heterocycles. The van der Waals surface area contributed by atoms with Gasteiger partial charge in [-0.25, -0.2) is 14.6 Å². The highest BCUT2D eigenvalue weighted by atomic mass is 16.7. The average molecular weight is 358 g/mol. The summed E-state index contributed by atoms with van der Waals surface area (Å²) in [6.07, 6.45) is 1.82. The van der Waals surface area contributed by atoms with Crippen molar-refractivity contribution in [3.63, 3.8) is 0 Å². The van der Waals surface area contributed by atoms with Gasteiger partial charge < -0.3 is 0 Å². The summed E-state index contributed by atoms with van der Waals surface area (Å²) in [5, 5.41) is 5.93. The number of carbonyl (C=O) groups excluding carboxylic acids is 1. The summed E-state index contributed by atoms with van der Waals surface area (Å²) in [6, 6.07) is 21.2. The Morgan fingerprint density at radius 2 is 1.70 bits per heavy atom. The van der Waals surface area contributed by atoms with Crippen LogP contribution < -0.4 is 0 Å². The second kappa shape index (κ2) is 7.01. The van der Waals surface area contributed by atoms with Gasteiger partial charge in [0, 0.05) is 23.7 Å². The van der Waals surface area contributed by atoms with E-state index in [0.29, 0.717) is 5.56 Å². The van der Waals surface area contributed by atoms with E-state index in [1.807, 2.05) is 65.3 Å². The highest BCUT2D eigenvalue weighted by molar-refractivity contribution is 5.93. The molecule has 0 atom stereocenters. The van der Waals surface area contributed by atoms with Crippen molar-refractivity contribution >= 4 is 11.6 Å². The first-order valence-electron chi connectivity index (χ1n) is 8.50. The molecule has 0 aliphatic carbocycles. The summed E-state index contributed by atoms with van der Waals surface area (Å²) in [6.45, 7) is 0. The van der Waals surface area contributed by atoms with Gasteiger partial charge in [-0.3, -0.25) is 9.63 Å². The Hall–Kier alpha value is -3.51. The molecule has 0 radical (unpaired) electrons. The van der Waals surface area contributed by atoms with Gasteiger partial charge in [0.2, 0.25) is 0 Å². The van der Waals surface area contributed by atoms with E-state index in [1.54, 1.807) is 19.2 Å². The van der Waals surface area contributed by atoms with E-state index in [2.05, 4.69) is 4.98 Å². The standard InChI is InChI=1S/C21H18N4O2/c1-24(27-2)21(26)17-10-8-15(9-11-17)18-12-13-20-22-14-19(25(20)23-18)16-6-4-3-5-7-16/h3-14H,1-2H3. The molecule has 134 valence electrons. The Morgan fingerprint density at radius 1 is 0.963 bits per heavy atom. The smallest absolute Gasteiger partial charge is 0.274 e. The first kappa shape index (κ1) is 16.9. The number of aromatic nitrogens is 3. The Bertz CT molecular complexity index is 1090. The third-order valence-corrected chi connectivity index (χ3v) is 4.42. The van der Waals surface area contributed by atoms with Crippen LogP contribution in [-0.4, -0.2) is 39.7 Å². The molecule has 0 unspecified atom stereocenters. The zero-order valence-corrected chi connectivity index (χ0v) is 15.0. The number of hydrogen-bond donors (Lipinski definition) is 0. The Kier molecular flexibility index (Phi) is 4.40. The van der Waals surface area contributed by atoms with Crippen molar-refractivity contribution in [1.29, 1.82) is 0 Å². The monoisotopic (exact) mass is 358 g/mol. The van der Waals surface area contributed by atoms with E-state index in [1.165, 1.54) is 12.2 Å². The van der Waals surface area contributed by atoms with Crippen LogP contribution in [0.4, 0.5) is 0 Å². The molecular weight excluding hydrogens is 340 g/mol. The van der Waals surface area contributed by atoms with Crippen LogP contribution in [0.1, 0.15) is 10.4 Å². The van der Waals surface area contributed by atoms with E-state index in [0.717, 1.165) is 28.2 Å². The summed E-state index contributed by atoms with van der Waals surface area (Å²) < 4.78 is 1.84. The number of amides is 1. The van der Waals surface area contributed by atoms with Crippen LogP contribution in [0.2, 0.25) is 0 Å². The molecule has 4 rings (SSSR count). The SMILES string of the molecule is CON(C)C(=O)c1ccc(-c2ccc3ncc(-c4ccccc4)n3n2)cc1. The van der Waals surface area contributed by atoms with Crippen molar-refractivity contribution < 1.29 is 9.63 Å². The van der Waals surface area contributed by atoms with E-state index in [9.17, 15) is 4.79 Å². The first-order chi connectivity index (χ1) is 13.2. The van der Waals surface area contributed by atoms with Crippen molar-refractivity contribution in [1.82, 2.24) is 19.7 Å². The second-order valence-electron chi connectivity index (χ2n) is 6.06. The number of fused-ring (bicyclic) bond motifs is 1. The molecule has 6 nitrogen and oxygen atoms in total. The molecule has 0 spiro atoms. The topological polar surface area (TPSA) is 59.7 Å². The summed E-state index contributed by atoms with van der Waals surface area (Å²) >= 11 is 0. The largest absolute Gasteiger partial charge is 0.277 e. The van der Waals surface area contributed by atoms with E-state index < -0.39 is 0 Å². The number of nitrogens with zero attached hydrogens (tertiary/aromatic N) is 4. The lowest BCUT2D eigenvalue weighted by Crippen LogP contribution is -2.25. The van der Waals surface area contributed by atoms with E-state index in [-0.39, 0.29) is 5.91 Å². The third kappa shape index (κ3) is 3.18. The molecule has 0 N–H and O–H groups in total. The minimum atomic E-state index is -0.201. The average Bonchev–Trinajstić information content (AvgIpc) is 3.16. The molecule has 0 saturated heterocycles. The lowest BCUT2D eigenvalue weighted by Gasteiger charge is -2.13. The van der Waals surface area contributed by atoms with Crippen molar-refractivity contribution in [3.8, 4) is 22.5 Å². The predicted octanol–water partition coefficient (Wildman–Crippen LogP) is 3.70. The molecule has 0 aliphatic rings. The summed E-state index contributed by atoms with van der Waals surface area (Å²) in [7, 11) is 3.04. The van der Waals surface area contributed by atoms with Gasteiger partial charge in [-0.05, 0) is 24.3 Å². The molecule has 0 saturated carbocycles. The molecule has 2 heterocycles. The molecule has 4 aromatic rings. The predicted molar refractivity (Wildman–Crippen MR) is 103 cm³/mol. The van der Waals surface area contributed by atoms with Crippen LogP contribution in [0.3, 0.4) is 0 Å². The van der Waals surface area contributed by atoms with Crippen LogP contribution in [0.15, 0.2) is 72.9 Å². The molecular formula is C21H18N4O2. The highest BCUT2D eigenvalue weighted by Crippen LogP contribution is 2.23. The fraction of sp³-hybridized carbons (Fsp3) is 0.0952. The van der Waals surface area contributed by atoms with Crippen molar-refractivity contribution in [2.75, 3.05) is 14.2 Å². The van der Waals surface area contributed by atoms with Gasteiger partial charge in [-0.15, -0.1) is 0 Å². The summed E-state index contributed by atoms with van der Waals surface area (Å²) in [5.41, 5.74) is 5.04. The number of hydrogen-bond acceptors (Lipinski definition) is 4. The quantitative estimate of drug-likeness (QED) is 0.522. The van der Waals surface area contributed by atoms with Crippen LogP contribution in [-0.2, 0) is 4.84 Å². The second-order valence-corrected chi connectivity index (χ2v) is 6.06. The minimum Gasteiger partial charge on any atom is -0.274 e. The Morgan fingerprint density at radius 3 is 2.41 bits per heavy atom. The Labute approximate surface area is 156 Å². The van der Waals surface area contributed by atoms with Crippen LogP contribution >= 0.6 is 0 Å². The van der Waals surface area contributed by atoms with Gasteiger partial charge >= 0.3 is 0 Å². The number of benzene rings is 2.